The molecule has 8 heteroatoms. The Kier molecular flexibility index (Phi) is 5.96. The van der Waals surface area contributed by atoms with Gasteiger partial charge in [0.1, 0.15) is 0 Å². The van der Waals surface area contributed by atoms with Crippen LogP contribution in [0.25, 0.3) is 0 Å². The molecule has 1 aliphatic rings. The molecule has 1 saturated heterocycles. The van der Waals surface area contributed by atoms with Crippen molar-refractivity contribution < 1.29 is 18.8 Å². The number of carbonyl (C=O) groups excluding carboxylic acids is 3. The van der Waals surface area contributed by atoms with E-state index >= 15 is 0 Å². The second kappa shape index (κ2) is 6.90. The lowest BCUT2D eigenvalue weighted by atomic mass is 10.1. The Labute approximate surface area is 149 Å². The van der Waals surface area contributed by atoms with Gasteiger partial charge in [-0.25, -0.2) is 0 Å². The fraction of sp³-hybridized carbons (Fsp3) is 0.688. The molecule has 0 spiro atoms. The minimum Gasteiger partial charge on any atom is -0.408 e. The number of likely N-dealkylation sites (N-methyl/N-ethyl adjacent to an activating group) is 2. The van der Waals surface area contributed by atoms with Crippen molar-refractivity contribution in [1.82, 2.24) is 9.80 Å². The summed E-state index contributed by atoms with van der Waals surface area (Å²) in [5.74, 6) is 0.602. The average Bonchev–Trinajstić information content (AvgIpc) is 2.47. The Morgan fingerprint density at radius 3 is 2.21 bits per heavy atom. The SMILES string of the molecule is C#CCC1(SCO[Si](C)(C)C(C)(C)C)C(=O)N(C)C(=O)C(=O)N1C. The predicted molar refractivity (Wildman–Crippen MR) is 97.5 cm³/mol. The van der Waals surface area contributed by atoms with E-state index in [1.165, 1.54) is 25.9 Å². The first-order chi connectivity index (χ1) is 10.8. The highest BCUT2D eigenvalue weighted by molar-refractivity contribution is 8.01. The molecule has 1 heterocycles. The van der Waals surface area contributed by atoms with Crippen LogP contribution >= 0.6 is 11.8 Å². The number of carbonyl (C=O) groups is 3. The molecule has 0 radical (unpaired) electrons. The number of rotatable bonds is 5. The summed E-state index contributed by atoms with van der Waals surface area (Å²) in [6.07, 6.45) is 5.44. The molecular formula is C16H26N2O4SSi. The Bertz CT molecular complexity index is 594. The van der Waals surface area contributed by atoms with Crippen LogP contribution in [-0.2, 0) is 18.8 Å². The minimum atomic E-state index is -2.00. The van der Waals surface area contributed by atoms with Crippen LogP contribution in [0.4, 0.5) is 0 Å². The van der Waals surface area contributed by atoms with Gasteiger partial charge in [0, 0.05) is 14.1 Å². The quantitative estimate of drug-likeness (QED) is 0.243. The third-order valence-corrected chi connectivity index (χ3v) is 10.8. The molecule has 1 atom stereocenters. The van der Waals surface area contributed by atoms with Gasteiger partial charge in [0.05, 0.1) is 12.4 Å². The molecule has 0 saturated carbocycles. The first-order valence-corrected chi connectivity index (χ1v) is 11.5. The van der Waals surface area contributed by atoms with E-state index in [2.05, 4.69) is 39.8 Å². The lowest BCUT2D eigenvalue weighted by Crippen LogP contribution is -2.66. The molecule has 0 aliphatic carbocycles. The first-order valence-electron chi connectivity index (χ1n) is 7.63. The first kappa shape index (κ1) is 20.7. The van der Waals surface area contributed by atoms with E-state index in [1.54, 1.807) is 0 Å². The molecule has 1 aliphatic heterocycles. The van der Waals surface area contributed by atoms with E-state index in [0.29, 0.717) is 0 Å². The lowest BCUT2D eigenvalue weighted by molar-refractivity contribution is -0.166. The number of hydrogen-bond acceptors (Lipinski definition) is 5. The highest BCUT2D eigenvalue weighted by Crippen LogP contribution is 2.41. The van der Waals surface area contributed by atoms with Gasteiger partial charge in [-0.1, -0.05) is 32.5 Å². The summed E-state index contributed by atoms with van der Waals surface area (Å²) in [6, 6.07) is 0. The van der Waals surface area contributed by atoms with E-state index in [4.69, 9.17) is 10.8 Å². The summed E-state index contributed by atoms with van der Waals surface area (Å²) in [4.78, 5) is 37.4. The van der Waals surface area contributed by atoms with E-state index < -0.39 is 30.9 Å². The summed E-state index contributed by atoms with van der Waals surface area (Å²) >= 11 is 1.17. The lowest BCUT2D eigenvalue weighted by Gasteiger charge is -2.44. The average molecular weight is 371 g/mol. The highest BCUT2D eigenvalue weighted by atomic mass is 32.2. The number of piperazine rings is 1. The van der Waals surface area contributed by atoms with E-state index in [1.807, 2.05) is 0 Å². The molecule has 0 bridgehead atoms. The Hall–Kier alpha value is -1.30. The van der Waals surface area contributed by atoms with Crippen LogP contribution in [0.15, 0.2) is 0 Å². The zero-order valence-electron chi connectivity index (χ0n) is 15.4. The van der Waals surface area contributed by atoms with E-state index in [9.17, 15) is 14.4 Å². The van der Waals surface area contributed by atoms with Crippen molar-refractivity contribution >= 4 is 37.8 Å². The van der Waals surface area contributed by atoms with Gasteiger partial charge in [-0.2, -0.15) is 0 Å². The summed E-state index contributed by atoms with van der Waals surface area (Å²) < 4.78 is 6.10. The molecule has 1 fully saturated rings. The largest absolute Gasteiger partial charge is 0.408 e. The predicted octanol–water partition coefficient (Wildman–Crippen LogP) is 1.88. The maximum atomic E-state index is 12.7. The van der Waals surface area contributed by atoms with Crippen LogP contribution in [0.3, 0.4) is 0 Å². The normalized spacial score (nSPS) is 22.8. The van der Waals surface area contributed by atoms with Crippen molar-refractivity contribution in [3.05, 3.63) is 0 Å². The zero-order valence-corrected chi connectivity index (χ0v) is 17.2. The maximum absolute atomic E-state index is 12.7. The van der Waals surface area contributed by atoms with E-state index in [0.717, 1.165) is 9.80 Å². The molecule has 1 unspecified atom stereocenters. The third kappa shape index (κ3) is 3.53. The second-order valence-electron chi connectivity index (χ2n) is 7.37. The number of terminal acetylenes is 1. The van der Waals surface area contributed by atoms with Crippen molar-refractivity contribution in [2.75, 3.05) is 20.0 Å². The maximum Gasteiger partial charge on any atom is 0.318 e. The van der Waals surface area contributed by atoms with Crippen LogP contribution < -0.4 is 0 Å². The second-order valence-corrected chi connectivity index (χ2v) is 13.4. The van der Waals surface area contributed by atoms with Gasteiger partial charge in [0.25, 0.3) is 5.91 Å². The van der Waals surface area contributed by atoms with Gasteiger partial charge in [0.15, 0.2) is 13.2 Å². The van der Waals surface area contributed by atoms with Gasteiger partial charge in [0.2, 0.25) is 0 Å². The fourth-order valence-electron chi connectivity index (χ4n) is 1.98. The standard InChI is InChI=1S/C16H26N2O4SSi/c1-9-10-16(23-11-22-24(7,8)15(2,3)4)14(21)17(5)12(19)13(20)18(16)6/h1H,10-11H2,2-8H3. The molecule has 6 nitrogen and oxygen atoms in total. The summed E-state index contributed by atoms with van der Waals surface area (Å²) in [5.41, 5.74) is 0. The zero-order chi connectivity index (χ0) is 18.9. The van der Waals surface area contributed by atoms with Crippen molar-refractivity contribution in [1.29, 1.82) is 0 Å². The summed E-state index contributed by atoms with van der Waals surface area (Å²) in [5, 5.41) is 0.0257. The van der Waals surface area contributed by atoms with Gasteiger partial charge < -0.3 is 9.33 Å². The van der Waals surface area contributed by atoms with Crippen molar-refractivity contribution in [3.8, 4) is 12.3 Å². The highest BCUT2D eigenvalue weighted by Gasteiger charge is 2.54. The third-order valence-electron chi connectivity index (χ3n) is 4.84. The number of hydrogen-bond donors (Lipinski definition) is 0. The number of imide groups is 1. The van der Waals surface area contributed by atoms with Crippen molar-refractivity contribution in [2.24, 2.45) is 0 Å². The van der Waals surface area contributed by atoms with Gasteiger partial charge in [-0.15, -0.1) is 12.3 Å². The van der Waals surface area contributed by atoms with Gasteiger partial charge >= 0.3 is 11.8 Å². The molecule has 0 aromatic carbocycles. The van der Waals surface area contributed by atoms with Crippen LogP contribution in [0.1, 0.15) is 27.2 Å². The molecular weight excluding hydrogens is 344 g/mol. The monoisotopic (exact) mass is 370 g/mol. The van der Waals surface area contributed by atoms with Gasteiger partial charge in [-0.3, -0.25) is 19.3 Å². The van der Waals surface area contributed by atoms with Crippen LogP contribution in [0, 0.1) is 12.3 Å². The molecule has 1 rings (SSSR count). The molecule has 134 valence electrons. The summed E-state index contributed by atoms with van der Waals surface area (Å²) in [7, 11) is 0.729. The van der Waals surface area contributed by atoms with Crippen molar-refractivity contribution in [3.63, 3.8) is 0 Å². The Morgan fingerprint density at radius 2 is 1.75 bits per heavy atom. The Balaban J connectivity index is 3.05. The van der Waals surface area contributed by atoms with E-state index in [-0.39, 0.29) is 17.4 Å². The fourth-order valence-corrected chi connectivity index (χ4v) is 4.75. The minimum absolute atomic E-state index is 0.0111. The topological polar surface area (TPSA) is 66.9 Å². The summed E-state index contributed by atoms with van der Waals surface area (Å²) in [6.45, 7) is 10.6. The van der Waals surface area contributed by atoms with Crippen LogP contribution in [0.5, 0.6) is 0 Å². The number of nitrogens with zero attached hydrogens (tertiary/aromatic N) is 2. The molecule has 24 heavy (non-hydrogen) atoms. The molecule has 0 aromatic rings. The van der Waals surface area contributed by atoms with Crippen molar-refractivity contribution in [2.45, 2.75) is 50.2 Å². The molecule has 0 aromatic heterocycles. The van der Waals surface area contributed by atoms with Crippen LogP contribution in [-0.4, -0.2) is 60.7 Å². The number of amides is 3. The number of thioether (sulfide) groups is 1. The smallest absolute Gasteiger partial charge is 0.318 e. The van der Waals surface area contributed by atoms with Gasteiger partial charge in [-0.05, 0) is 18.1 Å². The molecule has 3 amide bonds. The Morgan fingerprint density at radius 1 is 1.21 bits per heavy atom. The molecule has 0 N–H and O–H groups in total. The van der Waals surface area contributed by atoms with Crippen LogP contribution in [0.2, 0.25) is 18.1 Å².